The van der Waals surface area contributed by atoms with Gasteiger partial charge in [0.15, 0.2) is 11.4 Å². The van der Waals surface area contributed by atoms with Crippen LogP contribution < -0.4 is 15.8 Å². The molecule has 0 aliphatic heterocycles. The van der Waals surface area contributed by atoms with E-state index in [1.165, 1.54) is 0 Å². The third kappa shape index (κ3) is 3.83. The fourth-order valence-corrected chi connectivity index (χ4v) is 1.73. The summed E-state index contributed by atoms with van der Waals surface area (Å²) in [6.45, 7) is 0. The minimum absolute atomic E-state index is 0.0313. The summed E-state index contributed by atoms with van der Waals surface area (Å²) in [6, 6.07) is 11.8. The van der Waals surface area contributed by atoms with E-state index in [2.05, 4.69) is 5.32 Å². The Kier molecular flexibility index (Phi) is 4.60. The van der Waals surface area contributed by atoms with Crippen LogP contribution in [0.2, 0.25) is 0 Å². The van der Waals surface area contributed by atoms with Crippen LogP contribution in [0.3, 0.4) is 0 Å². The van der Waals surface area contributed by atoms with Crippen LogP contribution in [0.4, 0.5) is 17.1 Å². The van der Waals surface area contributed by atoms with Crippen molar-refractivity contribution >= 4 is 23.0 Å². The number of quaternary nitrogens is 2. The normalized spacial score (nSPS) is 13.5. The first-order chi connectivity index (χ1) is 9.97. The number of carbonyl (C=O) groups is 1. The standard InChI is InChI=1S/C13H13N3O5/c17-13(14-10-4-2-1-3-5-10)9-6-11(15(18)19)8-12(7-9)16(20)21/h1-8,15-16,18,20H,(H,14,17). The summed E-state index contributed by atoms with van der Waals surface area (Å²) >= 11 is 0. The minimum Gasteiger partial charge on any atom is -0.595 e. The van der Waals surface area contributed by atoms with Crippen LogP contribution in [0.25, 0.3) is 0 Å². The van der Waals surface area contributed by atoms with E-state index < -0.39 is 16.4 Å². The van der Waals surface area contributed by atoms with Crippen LogP contribution in [0, 0.1) is 10.4 Å². The molecule has 0 aromatic heterocycles. The molecule has 0 heterocycles. The number of benzene rings is 2. The maximum atomic E-state index is 12.1. The number of carbonyl (C=O) groups excluding carboxylic acids is 1. The van der Waals surface area contributed by atoms with Crippen molar-refractivity contribution in [1.82, 2.24) is 0 Å². The molecule has 0 aliphatic rings. The number of hydrogen-bond acceptors (Lipinski definition) is 5. The van der Waals surface area contributed by atoms with Gasteiger partial charge in [0.25, 0.3) is 5.91 Å². The lowest BCUT2D eigenvalue weighted by Crippen LogP contribution is -3.00. The second-order valence-corrected chi connectivity index (χ2v) is 4.23. The van der Waals surface area contributed by atoms with Gasteiger partial charge in [-0.25, -0.2) is 10.4 Å². The molecule has 0 saturated heterocycles. The highest BCUT2D eigenvalue weighted by Crippen LogP contribution is 2.15. The SMILES string of the molecule is O=C(Nc1ccccc1)c1cc([NH+]([O-])O)cc([NH+]([O-])O)c1. The predicted octanol–water partition coefficient (Wildman–Crippen LogP) is -0.254. The Bertz CT molecular complexity index is 605. The highest BCUT2D eigenvalue weighted by atomic mass is 16.8. The number of hydrogen-bond donors (Lipinski definition) is 5. The van der Waals surface area contributed by atoms with E-state index in [0.29, 0.717) is 5.69 Å². The van der Waals surface area contributed by atoms with Gasteiger partial charge in [0.05, 0.1) is 11.6 Å². The van der Waals surface area contributed by atoms with Crippen molar-refractivity contribution in [3.63, 3.8) is 0 Å². The molecule has 0 radical (unpaired) electrons. The van der Waals surface area contributed by atoms with Crippen LogP contribution in [0.1, 0.15) is 10.4 Å². The molecular formula is C13H13N3O5. The van der Waals surface area contributed by atoms with Crippen molar-refractivity contribution in [2.75, 3.05) is 5.32 Å². The maximum Gasteiger partial charge on any atom is 0.256 e. The topological polar surface area (TPSA) is 125 Å². The molecule has 0 bridgehead atoms. The first-order valence-corrected chi connectivity index (χ1v) is 5.95. The Morgan fingerprint density at radius 3 is 1.95 bits per heavy atom. The average molecular weight is 291 g/mol. The van der Waals surface area contributed by atoms with Crippen molar-refractivity contribution in [1.29, 1.82) is 0 Å². The number of nitrogens with one attached hydrogen (secondary N) is 3. The van der Waals surface area contributed by atoms with Crippen molar-refractivity contribution in [2.45, 2.75) is 0 Å². The van der Waals surface area contributed by atoms with Gasteiger partial charge >= 0.3 is 0 Å². The number of amides is 1. The van der Waals surface area contributed by atoms with E-state index in [4.69, 9.17) is 10.4 Å². The zero-order valence-corrected chi connectivity index (χ0v) is 10.7. The lowest BCUT2D eigenvalue weighted by molar-refractivity contribution is -0.996. The average Bonchev–Trinajstić information content (AvgIpc) is 2.47. The highest BCUT2D eigenvalue weighted by Gasteiger charge is 2.15. The summed E-state index contributed by atoms with van der Waals surface area (Å²) in [7, 11) is 0. The van der Waals surface area contributed by atoms with Crippen molar-refractivity contribution in [3.05, 3.63) is 64.5 Å². The second kappa shape index (κ2) is 6.41. The molecule has 0 spiro atoms. The van der Waals surface area contributed by atoms with Gasteiger partial charge in [-0.3, -0.25) is 4.79 Å². The van der Waals surface area contributed by atoms with Gasteiger partial charge < -0.3 is 15.7 Å². The summed E-state index contributed by atoms with van der Waals surface area (Å²) in [5, 5.41) is 39.9. The smallest absolute Gasteiger partial charge is 0.256 e. The van der Waals surface area contributed by atoms with Crippen LogP contribution >= 0.6 is 0 Å². The molecule has 0 fully saturated rings. The van der Waals surface area contributed by atoms with Gasteiger partial charge in [-0.15, -0.1) is 0 Å². The molecule has 2 aromatic rings. The van der Waals surface area contributed by atoms with Gasteiger partial charge in [0.1, 0.15) is 0 Å². The Morgan fingerprint density at radius 1 is 0.952 bits per heavy atom. The van der Waals surface area contributed by atoms with Crippen LogP contribution in [-0.4, -0.2) is 16.3 Å². The van der Waals surface area contributed by atoms with E-state index in [9.17, 15) is 15.2 Å². The Morgan fingerprint density at radius 2 is 1.48 bits per heavy atom. The lowest BCUT2D eigenvalue weighted by Gasteiger charge is -2.17. The Labute approximate surface area is 119 Å². The Hall–Kier alpha value is -2.33. The van der Waals surface area contributed by atoms with E-state index >= 15 is 0 Å². The van der Waals surface area contributed by atoms with E-state index in [1.54, 1.807) is 30.3 Å². The summed E-state index contributed by atoms with van der Waals surface area (Å²) in [5.74, 6) is -0.577. The number of rotatable bonds is 4. The second-order valence-electron chi connectivity index (χ2n) is 4.23. The molecule has 8 heteroatoms. The first-order valence-electron chi connectivity index (χ1n) is 5.95. The first kappa shape index (κ1) is 15.1. The van der Waals surface area contributed by atoms with Gasteiger partial charge in [-0.1, -0.05) is 18.2 Å². The zero-order valence-electron chi connectivity index (χ0n) is 10.7. The lowest BCUT2D eigenvalue weighted by atomic mass is 10.1. The van der Waals surface area contributed by atoms with Crippen LogP contribution in [0.15, 0.2) is 48.5 Å². The van der Waals surface area contributed by atoms with Gasteiger partial charge in [-0.2, -0.15) is 10.5 Å². The fourth-order valence-electron chi connectivity index (χ4n) is 1.73. The quantitative estimate of drug-likeness (QED) is 0.497. The monoisotopic (exact) mass is 291 g/mol. The zero-order chi connectivity index (χ0) is 15.4. The van der Waals surface area contributed by atoms with Gasteiger partial charge in [0, 0.05) is 17.8 Å². The molecule has 2 aromatic carbocycles. The van der Waals surface area contributed by atoms with E-state index in [1.807, 2.05) is 0 Å². The van der Waals surface area contributed by atoms with Crippen LogP contribution in [-0.2, 0) is 0 Å². The van der Waals surface area contributed by atoms with E-state index in [0.717, 1.165) is 18.2 Å². The molecule has 110 valence electrons. The van der Waals surface area contributed by atoms with Crippen molar-refractivity contribution in [3.8, 4) is 0 Å². The number of para-hydroxylation sites is 1. The van der Waals surface area contributed by atoms with Gasteiger partial charge in [0.2, 0.25) is 0 Å². The molecule has 2 rings (SSSR count). The minimum atomic E-state index is -1.30. The Balaban J connectivity index is 2.31. The fraction of sp³-hybridized carbons (Fsp3) is 0. The molecule has 2 atom stereocenters. The molecule has 21 heavy (non-hydrogen) atoms. The predicted molar refractivity (Wildman–Crippen MR) is 72.4 cm³/mol. The molecular weight excluding hydrogens is 278 g/mol. The highest BCUT2D eigenvalue weighted by molar-refractivity contribution is 6.05. The summed E-state index contributed by atoms with van der Waals surface area (Å²) in [4.78, 5) is 12.1. The molecule has 1 amide bonds. The number of anilines is 1. The van der Waals surface area contributed by atoms with Gasteiger partial charge in [-0.05, 0) is 12.1 Å². The van der Waals surface area contributed by atoms with E-state index in [-0.39, 0.29) is 16.9 Å². The summed E-state index contributed by atoms with van der Waals surface area (Å²) < 4.78 is 0. The van der Waals surface area contributed by atoms with Crippen molar-refractivity contribution in [2.24, 2.45) is 0 Å². The molecule has 2 unspecified atom stereocenters. The molecule has 0 saturated carbocycles. The third-order valence-corrected chi connectivity index (χ3v) is 2.72. The largest absolute Gasteiger partial charge is 0.595 e. The summed E-state index contributed by atoms with van der Waals surface area (Å²) in [6.07, 6.45) is 0. The molecule has 0 aliphatic carbocycles. The molecule has 8 nitrogen and oxygen atoms in total. The molecule has 5 N–H and O–H groups in total. The summed E-state index contributed by atoms with van der Waals surface area (Å²) in [5.41, 5.74) is -0.0162. The third-order valence-electron chi connectivity index (χ3n) is 2.72. The van der Waals surface area contributed by atoms with Crippen molar-refractivity contribution < 1.29 is 25.7 Å². The van der Waals surface area contributed by atoms with Crippen LogP contribution in [0.5, 0.6) is 0 Å². The maximum absolute atomic E-state index is 12.1.